The van der Waals surface area contributed by atoms with Crippen LogP contribution in [0.4, 0.5) is 4.79 Å². The maximum Gasteiger partial charge on any atom is 0.328 e. The number of methoxy groups -OCH3 is 1. The molecule has 3 rings (SSSR count). The number of carbonyl (C=O) groups is 3. The number of urea groups is 1. The van der Waals surface area contributed by atoms with E-state index in [-0.39, 0.29) is 6.54 Å². The van der Waals surface area contributed by atoms with Gasteiger partial charge in [0.1, 0.15) is 5.75 Å². The molecule has 1 aliphatic rings. The van der Waals surface area contributed by atoms with Crippen molar-refractivity contribution in [3.05, 3.63) is 65.7 Å². The van der Waals surface area contributed by atoms with Crippen LogP contribution in [-0.4, -0.2) is 41.1 Å². The van der Waals surface area contributed by atoms with Crippen LogP contribution in [0.15, 0.2) is 54.6 Å². The van der Waals surface area contributed by atoms with E-state index in [1.807, 2.05) is 54.6 Å². The number of nitrogens with zero attached hydrogens (tertiary/aromatic N) is 1. The Labute approximate surface area is 169 Å². The monoisotopic (exact) mass is 396 g/mol. The van der Waals surface area contributed by atoms with E-state index in [2.05, 4.69) is 5.32 Å². The molecule has 2 atom stereocenters. The average Bonchev–Trinajstić information content (AvgIpc) is 2.74. The lowest BCUT2D eigenvalue weighted by atomic mass is 9.68. The van der Waals surface area contributed by atoms with Crippen LogP contribution in [-0.2, 0) is 22.6 Å². The van der Waals surface area contributed by atoms with Crippen molar-refractivity contribution in [3.8, 4) is 5.75 Å². The quantitative estimate of drug-likeness (QED) is 0.702. The van der Waals surface area contributed by atoms with Gasteiger partial charge in [-0.1, -0.05) is 42.5 Å². The molecule has 0 unspecified atom stereocenters. The van der Waals surface area contributed by atoms with Gasteiger partial charge in [0, 0.05) is 6.54 Å². The van der Waals surface area contributed by atoms with Gasteiger partial charge in [0.2, 0.25) is 5.91 Å². The van der Waals surface area contributed by atoms with Gasteiger partial charge in [0.15, 0.2) is 6.04 Å². The maximum atomic E-state index is 12.8. The van der Waals surface area contributed by atoms with Gasteiger partial charge in [0.25, 0.3) is 0 Å². The zero-order chi connectivity index (χ0) is 21.0. The molecular weight excluding hydrogens is 372 g/mol. The first-order valence-electron chi connectivity index (χ1n) is 9.38. The van der Waals surface area contributed by atoms with E-state index in [9.17, 15) is 19.5 Å². The van der Waals surface area contributed by atoms with E-state index in [0.717, 1.165) is 21.8 Å². The van der Waals surface area contributed by atoms with Crippen molar-refractivity contribution < 1.29 is 24.2 Å². The van der Waals surface area contributed by atoms with Crippen molar-refractivity contribution in [2.24, 2.45) is 5.41 Å². The number of rotatable bonds is 7. The lowest BCUT2D eigenvalue weighted by molar-refractivity contribution is -0.177. The van der Waals surface area contributed by atoms with Gasteiger partial charge in [-0.15, -0.1) is 0 Å². The molecule has 2 aromatic rings. The predicted octanol–water partition coefficient (Wildman–Crippen LogP) is 2.84. The Bertz CT molecular complexity index is 897. The molecule has 7 heteroatoms. The Kier molecular flexibility index (Phi) is 5.87. The second-order valence-electron chi connectivity index (χ2n) is 7.33. The molecule has 1 saturated heterocycles. The Hall–Kier alpha value is -3.35. The van der Waals surface area contributed by atoms with Crippen LogP contribution in [0.25, 0.3) is 0 Å². The minimum atomic E-state index is -1.19. The summed E-state index contributed by atoms with van der Waals surface area (Å²) in [5.74, 6) is -0.926. The second kappa shape index (κ2) is 8.34. The van der Waals surface area contributed by atoms with E-state index in [0.29, 0.717) is 12.8 Å². The Balaban J connectivity index is 1.65. The first-order chi connectivity index (χ1) is 13.9. The van der Waals surface area contributed by atoms with E-state index in [4.69, 9.17) is 4.74 Å². The van der Waals surface area contributed by atoms with Crippen LogP contribution in [0.3, 0.4) is 0 Å². The minimum Gasteiger partial charge on any atom is -0.497 e. The summed E-state index contributed by atoms with van der Waals surface area (Å²) in [6.45, 7) is 1.83. The van der Waals surface area contributed by atoms with Gasteiger partial charge in [-0.05, 0) is 43.0 Å². The fourth-order valence-electron chi connectivity index (χ4n) is 3.62. The topological polar surface area (TPSA) is 95.9 Å². The third-order valence-electron chi connectivity index (χ3n) is 5.40. The molecular formula is C22H24N2O5. The molecule has 0 spiro atoms. The molecule has 7 nitrogen and oxygen atoms in total. The van der Waals surface area contributed by atoms with Crippen LogP contribution in [0.2, 0.25) is 0 Å². The zero-order valence-electron chi connectivity index (χ0n) is 16.4. The highest BCUT2D eigenvalue weighted by atomic mass is 16.5. The normalized spacial score (nSPS) is 20.7. The highest BCUT2D eigenvalue weighted by Crippen LogP contribution is 2.43. The summed E-state index contributed by atoms with van der Waals surface area (Å²) in [5.41, 5.74) is 0.703. The SMILES string of the molecule is COc1ccc(CC[C@@]2(C)C(=O)N(C(=O)NCc3ccccc3)[C@@H]2C(=O)O)cc1. The van der Waals surface area contributed by atoms with Gasteiger partial charge >= 0.3 is 12.0 Å². The third kappa shape index (κ3) is 4.08. The van der Waals surface area contributed by atoms with E-state index in [1.54, 1.807) is 14.0 Å². The molecule has 0 aromatic heterocycles. The third-order valence-corrected chi connectivity index (χ3v) is 5.40. The lowest BCUT2D eigenvalue weighted by Crippen LogP contribution is -2.73. The van der Waals surface area contributed by atoms with Gasteiger partial charge < -0.3 is 15.2 Å². The molecule has 152 valence electrons. The fourth-order valence-corrected chi connectivity index (χ4v) is 3.62. The summed E-state index contributed by atoms with van der Waals surface area (Å²) < 4.78 is 5.12. The summed E-state index contributed by atoms with van der Waals surface area (Å²) in [6, 6.07) is 14.7. The number of benzene rings is 2. The van der Waals surface area contributed by atoms with Crippen molar-refractivity contribution in [3.63, 3.8) is 0 Å². The standard InChI is InChI=1S/C22H24N2O5/c1-22(13-12-15-8-10-17(29-2)11-9-15)18(19(25)26)24(20(22)27)21(28)23-14-16-6-4-3-5-7-16/h3-11,18H,12-14H2,1-2H3,(H,23,28)(H,25,26)/t18-,22-/m1/s1. The molecule has 1 heterocycles. The number of nitrogens with one attached hydrogen (secondary N) is 1. The lowest BCUT2D eigenvalue weighted by Gasteiger charge is -2.50. The minimum absolute atomic E-state index is 0.221. The number of carboxylic acids is 1. The number of aliphatic carboxylic acids is 1. The average molecular weight is 396 g/mol. The number of amides is 3. The summed E-state index contributed by atoms with van der Waals surface area (Å²) in [4.78, 5) is 37.9. The second-order valence-corrected chi connectivity index (χ2v) is 7.33. The number of aryl methyl sites for hydroxylation is 1. The summed E-state index contributed by atoms with van der Waals surface area (Å²) in [5, 5.41) is 12.3. The number of carboxylic acid groups (broad SMARTS) is 1. The van der Waals surface area contributed by atoms with Gasteiger partial charge in [-0.25, -0.2) is 14.5 Å². The van der Waals surface area contributed by atoms with E-state index >= 15 is 0 Å². The van der Waals surface area contributed by atoms with Crippen molar-refractivity contribution in [1.82, 2.24) is 10.2 Å². The van der Waals surface area contributed by atoms with Crippen LogP contribution < -0.4 is 10.1 Å². The zero-order valence-corrected chi connectivity index (χ0v) is 16.4. The first-order valence-corrected chi connectivity index (χ1v) is 9.38. The van der Waals surface area contributed by atoms with Gasteiger partial charge in [0.05, 0.1) is 12.5 Å². The van der Waals surface area contributed by atoms with Crippen LogP contribution in [0.1, 0.15) is 24.5 Å². The summed E-state index contributed by atoms with van der Waals surface area (Å²) in [6.07, 6.45) is 0.854. The molecule has 0 bridgehead atoms. The van der Waals surface area contributed by atoms with E-state index < -0.39 is 29.4 Å². The Morgan fingerprint density at radius 3 is 2.34 bits per heavy atom. The molecule has 0 aliphatic carbocycles. The first kappa shape index (κ1) is 20.4. The number of likely N-dealkylation sites (tertiary alicyclic amines) is 1. The molecule has 0 saturated carbocycles. The molecule has 0 radical (unpaired) electrons. The number of β-lactam (4-membered cyclic amide) rings is 1. The van der Waals surface area contributed by atoms with Crippen molar-refractivity contribution in [1.29, 1.82) is 0 Å². The molecule has 2 aromatic carbocycles. The van der Waals surface area contributed by atoms with Crippen molar-refractivity contribution >= 4 is 17.9 Å². The smallest absolute Gasteiger partial charge is 0.328 e. The van der Waals surface area contributed by atoms with Gasteiger partial charge in [-0.2, -0.15) is 0 Å². The van der Waals surface area contributed by atoms with Gasteiger partial charge in [-0.3, -0.25) is 4.79 Å². The van der Waals surface area contributed by atoms with E-state index in [1.165, 1.54) is 0 Å². The van der Waals surface area contributed by atoms with Crippen molar-refractivity contribution in [2.75, 3.05) is 7.11 Å². The van der Waals surface area contributed by atoms with Crippen LogP contribution >= 0.6 is 0 Å². The number of hydrogen-bond donors (Lipinski definition) is 2. The largest absolute Gasteiger partial charge is 0.497 e. The Morgan fingerprint density at radius 2 is 1.76 bits per heavy atom. The Morgan fingerprint density at radius 1 is 1.10 bits per heavy atom. The number of hydrogen-bond acceptors (Lipinski definition) is 4. The molecule has 2 N–H and O–H groups in total. The van der Waals surface area contributed by atoms with Crippen LogP contribution in [0, 0.1) is 5.41 Å². The molecule has 3 amide bonds. The number of imide groups is 1. The highest BCUT2D eigenvalue weighted by Gasteiger charge is 2.63. The highest BCUT2D eigenvalue weighted by molar-refractivity contribution is 6.09. The molecule has 29 heavy (non-hydrogen) atoms. The number of ether oxygens (including phenoxy) is 1. The summed E-state index contributed by atoms with van der Waals surface area (Å²) >= 11 is 0. The fraction of sp³-hybridized carbons (Fsp3) is 0.318. The molecule has 1 aliphatic heterocycles. The predicted molar refractivity (Wildman–Crippen MR) is 106 cm³/mol. The molecule has 1 fully saturated rings. The maximum absolute atomic E-state index is 12.8. The van der Waals surface area contributed by atoms with Crippen LogP contribution in [0.5, 0.6) is 5.75 Å². The summed E-state index contributed by atoms with van der Waals surface area (Å²) in [7, 11) is 1.58. The van der Waals surface area contributed by atoms with Crippen molar-refractivity contribution in [2.45, 2.75) is 32.4 Å². The number of carbonyl (C=O) groups excluding carboxylic acids is 2.